The highest BCUT2D eigenvalue weighted by molar-refractivity contribution is 4.94. The first-order chi connectivity index (χ1) is 14.4. The van der Waals surface area contributed by atoms with E-state index in [1.807, 2.05) is 0 Å². The standard InChI is InChI=1S/C19H34O11/c20-6-10-12(22)13(23)15(25)19(28-10)30-17-11(7-21)29-18(16(26)14(17)24)27-8-9-4-2-1-3-5-9/h9-26H,1-8H2/t10-,11-,12?,13+,14-,15?,16-,17?,18-,19?/m1/s1. The molecule has 7 N–H and O–H groups in total. The lowest BCUT2D eigenvalue weighted by atomic mass is 9.90. The summed E-state index contributed by atoms with van der Waals surface area (Å²) in [5.74, 6) is 0.349. The molecule has 3 aliphatic rings. The summed E-state index contributed by atoms with van der Waals surface area (Å²) in [6.45, 7) is -0.850. The van der Waals surface area contributed by atoms with Gasteiger partial charge in [-0.3, -0.25) is 0 Å². The van der Waals surface area contributed by atoms with E-state index in [4.69, 9.17) is 18.9 Å². The van der Waals surface area contributed by atoms with Gasteiger partial charge in [0.25, 0.3) is 0 Å². The van der Waals surface area contributed by atoms with Crippen LogP contribution in [0.5, 0.6) is 0 Å². The van der Waals surface area contributed by atoms with Crippen molar-refractivity contribution in [2.45, 2.75) is 93.5 Å². The predicted molar refractivity (Wildman–Crippen MR) is 98.9 cm³/mol. The fourth-order valence-corrected chi connectivity index (χ4v) is 4.28. The molecular weight excluding hydrogens is 404 g/mol. The van der Waals surface area contributed by atoms with Gasteiger partial charge in [0.1, 0.15) is 48.8 Å². The van der Waals surface area contributed by atoms with Gasteiger partial charge in [0.05, 0.1) is 19.8 Å². The monoisotopic (exact) mass is 438 g/mol. The van der Waals surface area contributed by atoms with Crippen molar-refractivity contribution < 1.29 is 54.7 Å². The van der Waals surface area contributed by atoms with Gasteiger partial charge in [-0.1, -0.05) is 19.3 Å². The SMILES string of the molecule is OC[C@H]1OC(OC2[C@@H](CO)O[C@@H](OCC3CCCCC3)[C@H](O)[C@H]2O)C(O)[C@@H](O)C1O. The van der Waals surface area contributed by atoms with Crippen LogP contribution in [0, 0.1) is 5.92 Å². The summed E-state index contributed by atoms with van der Waals surface area (Å²) in [6, 6.07) is 0. The quantitative estimate of drug-likeness (QED) is 0.218. The number of rotatable bonds is 7. The third-order valence-electron chi connectivity index (χ3n) is 6.18. The summed E-state index contributed by atoms with van der Waals surface area (Å²) in [4.78, 5) is 0. The van der Waals surface area contributed by atoms with Crippen LogP contribution in [0.1, 0.15) is 32.1 Å². The molecule has 2 aliphatic heterocycles. The van der Waals surface area contributed by atoms with E-state index in [1.165, 1.54) is 6.42 Å². The van der Waals surface area contributed by atoms with Gasteiger partial charge in [-0.05, 0) is 18.8 Å². The number of aliphatic hydroxyl groups excluding tert-OH is 7. The second-order valence-electron chi connectivity index (χ2n) is 8.34. The molecule has 0 bridgehead atoms. The first-order valence-electron chi connectivity index (χ1n) is 10.6. The molecule has 0 spiro atoms. The molecule has 176 valence electrons. The van der Waals surface area contributed by atoms with E-state index in [0.717, 1.165) is 25.7 Å². The Morgan fingerprint density at radius 2 is 1.27 bits per heavy atom. The number of hydrogen-bond acceptors (Lipinski definition) is 11. The van der Waals surface area contributed by atoms with E-state index >= 15 is 0 Å². The fourth-order valence-electron chi connectivity index (χ4n) is 4.28. The lowest BCUT2D eigenvalue weighted by Crippen LogP contribution is -2.64. The highest BCUT2D eigenvalue weighted by Gasteiger charge is 2.50. The fraction of sp³-hybridized carbons (Fsp3) is 1.00. The molecule has 0 radical (unpaired) electrons. The van der Waals surface area contributed by atoms with Crippen LogP contribution < -0.4 is 0 Å². The molecule has 0 amide bonds. The van der Waals surface area contributed by atoms with Gasteiger partial charge in [-0.2, -0.15) is 0 Å². The summed E-state index contributed by atoms with van der Waals surface area (Å²) in [7, 11) is 0. The minimum atomic E-state index is -1.69. The second-order valence-corrected chi connectivity index (χ2v) is 8.34. The zero-order chi connectivity index (χ0) is 21.8. The van der Waals surface area contributed by atoms with Crippen molar-refractivity contribution in [2.75, 3.05) is 19.8 Å². The second kappa shape index (κ2) is 10.9. The van der Waals surface area contributed by atoms with E-state index in [1.54, 1.807) is 0 Å². The Morgan fingerprint density at radius 1 is 0.667 bits per heavy atom. The van der Waals surface area contributed by atoms with Crippen molar-refractivity contribution in [3.05, 3.63) is 0 Å². The predicted octanol–water partition coefficient (Wildman–Crippen LogP) is -2.79. The third-order valence-corrected chi connectivity index (χ3v) is 6.18. The van der Waals surface area contributed by atoms with Gasteiger partial charge >= 0.3 is 0 Å². The highest BCUT2D eigenvalue weighted by atomic mass is 16.7. The van der Waals surface area contributed by atoms with Gasteiger partial charge < -0.3 is 54.7 Å². The minimum absolute atomic E-state index is 0.349. The summed E-state index contributed by atoms with van der Waals surface area (Å²) in [5, 5.41) is 69.9. The molecular formula is C19H34O11. The maximum absolute atomic E-state index is 10.6. The van der Waals surface area contributed by atoms with Crippen LogP contribution >= 0.6 is 0 Å². The average molecular weight is 438 g/mol. The average Bonchev–Trinajstić information content (AvgIpc) is 2.77. The summed E-state index contributed by atoms with van der Waals surface area (Å²) < 4.78 is 22.1. The van der Waals surface area contributed by atoms with Crippen molar-refractivity contribution in [2.24, 2.45) is 5.92 Å². The summed E-state index contributed by atoms with van der Waals surface area (Å²) in [5.41, 5.74) is 0. The van der Waals surface area contributed by atoms with Crippen molar-refractivity contribution in [1.82, 2.24) is 0 Å². The first-order valence-corrected chi connectivity index (χ1v) is 10.6. The molecule has 3 rings (SSSR count). The minimum Gasteiger partial charge on any atom is -0.394 e. The first kappa shape index (κ1) is 24.2. The van der Waals surface area contributed by atoms with Crippen molar-refractivity contribution in [3.8, 4) is 0 Å². The van der Waals surface area contributed by atoms with Crippen molar-refractivity contribution in [3.63, 3.8) is 0 Å². The molecule has 11 nitrogen and oxygen atoms in total. The molecule has 1 aliphatic carbocycles. The van der Waals surface area contributed by atoms with Gasteiger partial charge in [-0.15, -0.1) is 0 Å². The van der Waals surface area contributed by atoms with Crippen LogP contribution in [-0.4, -0.2) is 117 Å². The van der Waals surface area contributed by atoms with E-state index in [2.05, 4.69) is 0 Å². The number of hydrogen-bond donors (Lipinski definition) is 7. The maximum atomic E-state index is 10.6. The number of ether oxygens (including phenoxy) is 4. The lowest BCUT2D eigenvalue weighted by Gasteiger charge is -2.46. The normalized spacial score (nSPS) is 46.1. The smallest absolute Gasteiger partial charge is 0.187 e. The number of aliphatic hydroxyl groups is 7. The molecule has 2 heterocycles. The Morgan fingerprint density at radius 3 is 1.90 bits per heavy atom. The zero-order valence-corrected chi connectivity index (χ0v) is 16.8. The maximum Gasteiger partial charge on any atom is 0.187 e. The Bertz CT molecular complexity index is 513. The van der Waals surface area contributed by atoms with Crippen molar-refractivity contribution >= 4 is 0 Å². The molecule has 11 heteroatoms. The van der Waals surface area contributed by atoms with Crippen LogP contribution in [0.2, 0.25) is 0 Å². The summed E-state index contributed by atoms with van der Waals surface area (Å²) >= 11 is 0. The molecule has 0 aromatic rings. The molecule has 4 unspecified atom stereocenters. The van der Waals surface area contributed by atoms with E-state index < -0.39 is 74.6 Å². The highest BCUT2D eigenvalue weighted by Crippen LogP contribution is 2.30. The van der Waals surface area contributed by atoms with Crippen molar-refractivity contribution in [1.29, 1.82) is 0 Å². The van der Waals surface area contributed by atoms with E-state index in [-0.39, 0.29) is 0 Å². The molecule has 2 saturated heterocycles. The van der Waals surface area contributed by atoms with Crippen LogP contribution in [0.15, 0.2) is 0 Å². The molecule has 1 saturated carbocycles. The molecule has 0 aromatic carbocycles. The Balaban J connectivity index is 1.61. The molecule has 30 heavy (non-hydrogen) atoms. The summed E-state index contributed by atoms with van der Waals surface area (Å²) in [6.07, 6.45) is -8.75. The Hall–Kier alpha value is -0.440. The molecule has 10 atom stereocenters. The van der Waals surface area contributed by atoms with Gasteiger partial charge in [-0.25, -0.2) is 0 Å². The van der Waals surface area contributed by atoms with E-state index in [9.17, 15) is 35.7 Å². The van der Waals surface area contributed by atoms with Crippen LogP contribution in [0.4, 0.5) is 0 Å². The van der Waals surface area contributed by atoms with Gasteiger partial charge in [0.2, 0.25) is 0 Å². The van der Waals surface area contributed by atoms with Crippen LogP contribution in [-0.2, 0) is 18.9 Å². The lowest BCUT2D eigenvalue weighted by molar-refractivity contribution is -0.360. The third kappa shape index (κ3) is 5.30. The van der Waals surface area contributed by atoms with Gasteiger partial charge in [0.15, 0.2) is 12.6 Å². The van der Waals surface area contributed by atoms with Crippen LogP contribution in [0.3, 0.4) is 0 Å². The topological polar surface area (TPSA) is 179 Å². The van der Waals surface area contributed by atoms with E-state index in [0.29, 0.717) is 12.5 Å². The molecule has 0 aromatic heterocycles. The largest absolute Gasteiger partial charge is 0.394 e. The van der Waals surface area contributed by atoms with Gasteiger partial charge in [0, 0.05) is 0 Å². The Kier molecular flexibility index (Phi) is 8.82. The Labute approximate surface area is 174 Å². The molecule has 3 fully saturated rings. The van der Waals surface area contributed by atoms with Crippen LogP contribution in [0.25, 0.3) is 0 Å². The zero-order valence-electron chi connectivity index (χ0n) is 16.8.